The fraction of sp³-hybridized carbons (Fsp3) is 0.696. The maximum absolute atomic E-state index is 13.1. The Morgan fingerprint density at radius 1 is 0.971 bits per heavy atom. The Labute approximate surface area is 203 Å². The van der Waals surface area contributed by atoms with Gasteiger partial charge in [-0.25, -0.2) is 0 Å². The van der Waals surface area contributed by atoms with Crippen LogP contribution in [0.25, 0.3) is 0 Å². The molecule has 1 saturated heterocycles. The van der Waals surface area contributed by atoms with Crippen LogP contribution in [-0.4, -0.2) is 95.0 Å². The van der Waals surface area contributed by atoms with E-state index in [1.807, 2.05) is 4.90 Å². The average molecular weight is 499 g/mol. The predicted molar refractivity (Wildman–Crippen MR) is 130 cm³/mol. The molecule has 2 aliphatic rings. The zero-order valence-electron chi connectivity index (χ0n) is 20.7. The van der Waals surface area contributed by atoms with Crippen molar-refractivity contribution in [2.45, 2.75) is 44.7 Å². The second-order valence-corrected chi connectivity index (χ2v) is 10.8. The number of nitrogens with one attached hydrogen (secondary N) is 1. The van der Waals surface area contributed by atoms with Crippen molar-refractivity contribution in [3.8, 4) is 17.2 Å². The van der Waals surface area contributed by atoms with Crippen LogP contribution < -0.4 is 19.5 Å². The van der Waals surface area contributed by atoms with Crippen LogP contribution in [0.5, 0.6) is 17.2 Å². The Kier molecular flexibility index (Phi) is 9.40. The predicted octanol–water partition coefficient (Wildman–Crippen LogP) is 1.46. The lowest BCUT2D eigenvalue weighted by atomic mass is 9.96. The van der Waals surface area contributed by atoms with E-state index in [4.69, 9.17) is 14.2 Å². The standard InChI is InChI=1S/C23H38N4O6S/c1-25(19-8-6-5-7-9-19)34(29,30)27-12-10-26(11-13-27)17-23(28)24-16-18-14-21(32-3)22(33-4)15-20(18)31-2/h14-15,19H,5-13,16-17H2,1-4H3,(H,24,28). The van der Waals surface area contributed by atoms with Gasteiger partial charge in [0.2, 0.25) is 5.91 Å². The van der Waals surface area contributed by atoms with Crippen molar-refractivity contribution in [1.29, 1.82) is 0 Å². The number of carbonyl (C=O) groups is 1. The zero-order valence-corrected chi connectivity index (χ0v) is 21.5. The minimum atomic E-state index is -3.48. The molecule has 0 unspecified atom stereocenters. The molecule has 11 heteroatoms. The first-order valence-electron chi connectivity index (χ1n) is 11.8. The van der Waals surface area contributed by atoms with Crippen molar-refractivity contribution in [1.82, 2.24) is 18.8 Å². The summed E-state index contributed by atoms with van der Waals surface area (Å²) in [5.41, 5.74) is 0.773. The van der Waals surface area contributed by atoms with E-state index in [1.165, 1.54) is 6.42 Å². The first-order valence-corrected chi connectivity index (χ1v) is 13.2. The van der Waals surface area contributed by atoms with Gasteiger partial charge < -0.3 is 19.5 Å². The number of hydrogen-bond donors (Lipinski definition) is 1. The van der Waals surface area contributed by atoms with E-state index < -0.39 is 10.2 Å². The molecular formula is C23H38N4O6S. The summed E-state index contributed by atoms with van der Waals surface area (Å²) < 4.78 is 45.3. The molecule has 1 N–H and O–H groups in total. The molecule has 0 aromatic heterocycles. The van der Waals surface area contributed by atoms with Crippen molar-refractivity contribution in [3.63, 3.8) is 0 Å². The Balaban J connectivity index is 1.49. The van der Waals surface area contributed by atoms with Gasteiger partial charge in [-0.3, -0.25) is 9.69 Å². The van der Waals surface area contributed by atoms with Crippen LogP contribution in [0.15, 0.2) is 12.1 Å². The van der Waals surface area contributed by atoms with Gasteiger partial charge in [0.1, 0.15) is 5.75 Å². The Morgan fingerprint density at radius 3 is 2.15 bits per heavy atom. The van der Waals surface area contributed by atoms with E-state index in [0.717, 1.165) is 31.2 Å². The van der Waals surface area contributed by atoms with E-state index in [1.54, 1.807) is 49.1 Å². The van der Waals surface area contributed by atoms with Gasteiger partial charge >= 0.3 is 0 Å². The highest BCUT2D eigenvalue weighted by Crippen LogP contribution is 2.34. The van der Waals surface area contributed by atoms with Crippen LogP contribution >= 0.6 is 0 Å². The number of methoxy groups -OCH3 is 3. The van der Waals surface area contributed by atoms with Gasteiger partial charge in [-0.15, -0.1) is 0 Å². The number of hydrogen-bond acceptors (Lipinski definition) is 7. The van der Waals surface area contributed by atoms with Crippen molar-refractivity contribution in [2.75, 3.05) is 61.1 Å². The first kappa shape index (κ1) is 26.5. The minimum absolute atomic E-state index is 0.0936. The van der Waals surface area contributed by atoms with E-state index in [9.17, 15) is 13.2 Å². The number of piperazine rings is 1. The van der Waals surface area contributed by atoms with E-state index in [0.29, 0.717) is 43.4 Å². The van der Waals surface area contributed by atoms with Crippen molar-refractivity contribution in [2.24, 2.45) is 0 Å². The van der Waals surface area contributed by atoms with Crippen molar-refractivity contribution < 1.29 is 27.4 Å². The molecule has 0 bridgehead atoms. The molecule has 0 radical (unpaired) electrons. The molecule has 1 saturated carbocycles. The first-order chi connectivity index (χ1) is 16.3. The molecule has 3 rings (SSSR count). The fourth-order valence-electron chi connectivity index (χ4n) is 4.62. The maximum Gasteiger partial charge on any atom is 0.282 e. The Hall–Kier alpha value is -2.08. The summed E-state index contributed by atoms with van der Waals surface area (Å²) >= 11 is 0. The molecule has 0 spiro atoms. The lowest BCUT2D eigenvalue weighted by Crippen LogP contribution is -2.55. The normalized spacial score (nSPS) is 18.6. The number of nitrogens with zero attached hydrogens (tertiary/aromatic N) is 3. The minimum Gasteiger partial charge on any atom is -0.496 e. The molecule has 0 atom stereocenters. The summed E-state index contributed by atoms with van der Waals surface area (Å²) in [5.74, 6) is 1.57. The second kappa shape index (κ2) is 12.1. The van der Waals surface area contributed by atoms with Crippen molar-refractivity contribution >= 4 is 16.1 Å². The van der Waals surface area contributed by atoms with Crippen LogP contribution in [-0.2, 0) is 21.5 Å². The maximum atomic E-state index is 13.1. The van der Waals surface area contributed by atoms with E-state index in [-0.39, 0.29) is 25.0 Å². The number of benzene rings is 1. The molecule has 1 aliphatic carbocycles. The number of ether oxygens (including phenoxy) is 3. The monoisotopic (exact) mass is 498 g/mol. The van der Waals surface area contributed by atoms with Gasteiger partial charge in [0.25, 0.3) is 10.2 Å². The molecular weight excluding hydrogens is 460 g/mol. The summed E-state index contributed by atoms with van der Waals surface area (Å²) in [6.07, 6.45) is 5.22. The summed E-state index contributed by atoms with van der Waals surface area (Å²) in [7, 11) is 2.90. The molecule has 1 aliphatic heterocycles. The highest BCUT2D eigenvalue weighted by Gasteiger charge is 2.34. The molecule has 10 nitrogen and oxygen atoms in total. The molecule has 1 aromatic rings. The van der Waals surface area contributed by atoms with E-state index in [2.05, 4.69) is 5.32 Å². The second-order valence-electron chi connectivity index (χ2n) is 8.79. The largest absolute Gasteiger partial charge is 0.496 e. The quantitative estimate of drug-likeness (QED) is 0.521. The van der Waals surface area contributed by atoms with Gasteiger partial charge in [-0.1, -0.05) is 19.3 Å². The topological polar surface area (TPSA) is 101 Å². The summed E-state index contributed by atoms with van der Waals surface area (Å²) in [4.78, 5) is 14.5. The van der Waals surface area contributed by atoms with Crippen LogP contribution in [0.2, 0.25) is 0 Å². The van der Waals surface area contributed by atoms with Gasteiger partial charge in [0, 0.05) is 57.4 Å². The van der Waals surface area contributed by atoms with Gasteiger partial charge in [0.05, 0.1) is 27.9 Å². The van der Waals surface area contributed by atoms with Crippen LogP contribution in [0.3, 0.4) is 0 Å². The summed E-state index contributed by atoms with van der Waals surface area (Å²) in [5, 5.41) is 2.92. The SMILES string of the molecule is COc1cc(OC)c(OC)cc1CNC(=O)CN1CCN(S(=O)(=O)N(C)C2CCCCC2)CC1. The molecule has 1 aromatic carbocycles. The average Bonchev–Trinajstić information content (AvgIpc) is 2.87. The summed E-state index contributed by atoms with van der Waals surface area (Å²) in [6.45, 7) is 2.30. The number of amides is 1. The third-order valence-corrected chi connectivity index (χ3v) is 8.78. The van der Waals surface area contributed by atoms with Crippen LogP contribution in [0.1, 0.15) is 37.7 Å². The highest BCUT2D eigenvalue weighted by atomic mass is 32.2. The lowest BCUT2D eigenvalue weighted by Gasteiger charge is -2.38. The number of carbonyl (C=O) groups excluding carboxylic acids is 1. The molecule has 2 fully saturated rings. The van der Waals surface area contributed by atoms with Gasteiger partial charge in [0.15, 0.2) is 11.5 Å². The van der Waals surface area contributed by atoms with Gasteiger partial charge in [-0.05, 0) is 18.9 Å². The smallest absolute Gasteiger partial charge is 0.282 e. The van der Waals surface area contributed by atoms with Crippen LogP contribution in [0.4, 0.5) is 0 Å². The van der Waals surface area contributed by atoms with Gasteiger partial charge in [-0.2, -0.15) is 17.0 Å². The fourth-order valence-corrected chi connectivity index (χ4v) is 6.19. The lowest BCUT2D eigenvalue weighted by molar-refractivity contribution is -0.122. The Morgan fingerprint density at radius 2 is 1.56 bits per heavy atom. The third-order valence-electron chi connectivity index (χ3n) is 6.74. The number of rotatable bonds is 10. The van der Waals surface area contributed by atoms with E-state index >= 15 is 0 Å². The molecule has 34 heavy (non-hydrogen) atoms. The Bertz CT molecular complexity index is 928. The van der Waals surface area contributed by atoms with Crippen LogP contribution in [0, 0.1) is 0 Å². The third kappa shape index (κ3) is 6.32. The zero-order chi connectivity index (χ0) is 24.7. The molecule has 1 amide bonds. The van der Waals surface area contributed by atoms with Crippen molar-refractivity contribution in [3.05, 3.63) is 17.7 Å². The molecule has 1 heterocycles. The molecule has 192 valence electrons. The highest BCUT2D eigenvalue weighted by molar-refractivity contribution is 7.86. The summed E-state index contributed by atoms with van der Waals surface area (Å²) in [6, 6.07) is 3.60.